The average molecular weight is 373 g/mol. The Morgan fingerprint density at radius 3 is 2.37 bits per heavy atom. The average Bonchev–Trinajstić information content (AvgIpc) is 2.68. The second-order valence-corrected chi connectivity index (χ2v) is 6.95. The molecule has 2 aromatic rings. The monoisotopic (exact) mass is 373 g/mol. The van der Waals surface area contributed by atoms with Gasteiger partial charge in [0.05, 0.1) is 0 Å². The standard InChI is InChI=1S/C21H25F2N3O/c1-25-11-13-26(14-12-25)18-7-4-16(5-8-18)3-2-10-24-21(27)17-6-9-19(22)20(23)15-17/h4-9,15H,2-3,10-14H2,1H3,(H,24,27). The van der Waals surface area contributed by atoms with Crippen molar-refractivity contribution in [1.29, 1.82) is 0 Å². The first-order valence-electron chi connectivity index (χ1n) is 9.28. The fraction of sp³-hybridized carbons (Fsp3) is 0.381. The summed E-state index contributed by atoms with van der Waals surface area (Å²) in [5, 5.41) is 2.74. The van der Waals surface area contributed by atoms with Crippen molar-refractivity contribution in [3.63, 3.8) is 0 Å². The molecule has 1 fully saturated rings. The summed E-state index contributed by atoms with van der Waals surface area (Å²) < 4.78 is 26.1. The molecule has 0 unspecified atom stereocenters. The number of rotatable bonds is 6. The highest BCUT2D eigenvalue weighted by Gasteiger charge is 2.14. The van der Waals surface area contributed by atoms with Crippen LogP contribution < -0.4 is 10.2 Å². The van der Waals surface area contributed by atoms with E-state index in [-0.39, 0.29) is 11.5 Å². The van der Waals surface area contributed by atoms with Crippen molar-refractivity contribution in [3.05, 3.63) is 65.2 Å². The third-order valence-corrected chi connectivity index (χ3v) is 4.91. The Balaban J connectivity index is 1.42. The first kappa shape index (κ1) is 19.3. The molecule has 1 aliphatic heterocycles. The number of carbonyl (C=O) groups is 1. The molecule has 1 heterocycles. The second-order valence-electron chi connectivity index (χ2n) is 6.95. The molecule has 1 amide bonds. The maximum Gasteiger partial charge on any atom is 0.251 e. The molecule has 0 radical (unpaired) electrons. The maximum absolute atomic E-state index is 13.2. The molecule has 1 N–H and O–H groups in total. The van der Waals surface area contributed by atoms with E-state index in [4.69, 9.17) is 0 Å². The third kappa shape index (κ3) is 5.26. The van der Waals surface area contributed by atoms with Crippen LogP contribution in [0.2, 0.25) is 0 Å². The number of anilines is 1. The lowest BCUT2D eigenvalue weighted by atomic mass is 10.1. The van der Waals surface area contributed by atoms with Crippen LogP contribution in [0.25, 0.3) is 0 Å². The Labute approximate surface area is 158 Å². The smallest absolute Gasteiger partial charge is 0.251 e. The summed E-state index contributed by atoms with van der Waals surface area (Å²) in [6.07, 6.45) is 1.63. The molecule has 4 nitrogen and oxygen atoms in total. The van der Waals surface area contributed by atoms with Gasteiger partial charge in [-0.2, -0.15) is 0 Å². The highest BCUT2D eigenvalue weighted by atomic mass is 19.2. The summed E-state index contributed by atoms with van der Waals surface area (Å²) >= 11 is 0. The zero-order valence-electron chi connectivity index (χ0n) is 15.5. The van der Waals surface area contributed by atoms with Crippen LogP contribution in [0.4, 0.5) is 14.5 Å². The first-order valence-corrected chi connectivity index (χ1v) is 9.28. The summed E-state index contributed by atoms with van der Waals surface area (Å²) in [6, 6.07) is 11.7. The van der Waals surface area contributed by atoms with Crippen molar-refractivity contribution in [2.24, 2.45) is 0 Å². The van der Waals surface area contributed by atoms with Crippen molar-refractivity contribution in [2.75, 3.05) is 44.7 Å². The molecule has 27 heavy (non-hydrogen) atoms. The number of amides is 1. The predicted octanol–water partition coefficient (Wildman–Crippen LogP) is 3.08. The number of carbonyl (C=O) groups excluding carboxylic acids is 1. The van der Waals surface area contributed by atoms with E-state index in [1.165, 1.54) is 17.3 Å². The van der Waals surface area contributed by atoms with Gasteiger partial charge in [0.2, 0.25) is 0 Å². The predicted molar refractivity (Wildman–Crippen MR) is 103 cm³/mol. The summed E-state index contributed by atoms with van der Waals surface area (Å²) in [4.78, 5) is 16.7. The largest absolute Gasteiger partial charge is 0.369 e. The van der Waals surface area contributed by atoms with Crippen LogP contribution in [0.15, 0.2) is 42.5 Å². The SMILES string of the molecule is CN1CCN(c2ccc(CCCNC(=O)c3ccc(F)c(F)c3)cc2)CC1. The molecule has 0 aromatic heterocycles. The zero-order chi connectivity index (χ0) is 19.2. The maximum atomic E-state index is 13.2. The lowest BCUT2D eigenvalue weighted by Crippen LogP contribution is -2.44. The normalized spacial score (nSPS) is 15.0. The van der Waals surface area contributed by atoms with E-state index < -0.39 is 11.6 Å². The fourth-order valence-electron chi connectivity index (χ4n) is 3.17. The van der Waals surface area contributed by atoms with Gasteiger partial charge >= 0.3 is 0 Å². The second kappa shape index (κ2) is 8.95. The van der Waals surface area contributed by atoms with Gasteiger partial charge in [0.1, 0.15) is 0 Å². The van der Waals surface area contributed by atoms with Crippen LogP contribution >= 0.6 is 0 Å². The lowest BCUT2D eigenvalue weighted by molar-refractivity contribution is 0.0952. The van der Waals surface area contributed by atoms with E-state index in [0.717, 1.165) is 51.2 Å². The zero-order valence-corrected chi connectivity index (χ0v) is 15.5. The molecule has 0 spiro atoms. The Kier molecular flexibility index (Phi) is 6.40. The topological polar surface area (TPSA) is 35.6 Å². The summed E-state index contributed by atoms with van der Waals surface area (Å²) in [5.41, 5.74) is 2.60. The van der Waals surface area contributed by atoms with E-state index in [2.05, 4.69) is 46.4 Å². The van der Waals surface area contributed by atoms with Crippen LogP contribution in [-0.2, 0) is 6.42 Å². The number of hydrogen-bond donors (Lipinski definition) is 1. The Bertz CT molecular complexity index is 771. The number of likely N-dealkylation sites (N-methyl/N-ethyl adjacent to an activating group) is 1. The van der Waals surface area contributed by atoms with Crippen LogP contribution in [0, 0.1) is 11.6 Å². The van der Waals surface area contributed by atoms with E-state index in [1.54, 1.807) is 0 Å². The Hall–Kier alpha value is -2.47. The molecule has 144 valence electrons. The number of nitrogens with one attached hydrogen (secondary N) is 1. The Morgan fingerprint density at radius 2 is 1.70 bits per heavy atom. The quantitative estimate of drug-likeness (QED) is 0.791. The van der Waals surface area contributed by atoms with Crippen molar-refractivity contribution >= 4 is 11.6 Å². The van der Waals surface area contributed by atoms with Crippen LogP contribution in [0.3, 0.4) is 0 Å². The Morgan fingerprint density at radius 1 is 1.00 bits per heavy atom. The van der Waals surface area contributed by atoms with Crippen LogP contribution in [-0.4, -0.2) is 50.6 Å². The van der Waals surface area contributed by atoms with Gasteiger partial charge in [0, 0.05) is 44.0 Å². The molecular formula is C21H25F2N3O. The molecule has 0 saturated carbocycles. The van der Waals surface area contributed by atoms with E-state index in [9.17, 15) is 13.6 Å². The first-order chi connectivity index (χ1) is 13.0. The highest BCUT2D eigenvalue weighted by molar-refractivity contribution is 5.94. The molecular weight excluding hydrogens is 348 g/mol. The number of hydrogen-bond acceptors (Lipinski definition) is 3. The molecule has 2 aromatic carbocycles. The molecule has 0 atom stereocenters. The number of aryl methyl sites for hydroxylation is 1. The van der Waals surface area contributed by atoms with Gasteiger partial charge in [0.25, 0.3) is 5.91 Å². The molecule has 6 heteroatoms. The number of halogens is 2. The van der Waals surface area contributed by atoms with Crippen molar-refractivity contribution in [1.82, 2.24) is 10.2 Å². The number of benzene rings is 2. The number of nitrogens with zero attached hydrogens (tertiary/aromatic N) is 2. The minimum Gasteiger partial charge on any atom is -0.369 e. The van der Waals surface area contributed by atoms with Crippen LogP contribution in [0.5, 0.6) is 0 Å². The molecule has 0 bridgehead atoms. The minimum absolute atomic E-state index is 0.130. The van der Waals surface area contributed by atoms with Gasteiger partial charge in [-0.05, 0) is 55.8 Å². The van der Waals surface area contributed by atoms with E-state index in [1.807, 2.05) is 0 Å². The summed E-state index contributed by atoms with van der Waals surface area (Å²) in [5.74, 6) is -2.35. The van der Waals surface area contributed by atoms with E-state index in [0.29, 0.717) is 6.54 Å². The van der Waals surface area contributed by atoms with E-state index >= 15 is 0 Å². The highest BCUT2D eigenvalue weighted by Crippen LogP contribution is 2.17. The van der Waals surface area contributed by atoms with Crippen molar-refractivity contribution < 1.29 is 13.6 Å². The molecule has 1 saturated heterocycles. The van der Waals surface area contributed by atoms with Gasteiger partial charge in [0.15, 0.2) is 11.6 Å². The fourth-order valence-corrected chi connectivity index (χ4v) is 3.17. The lowest BCUT2D eigenvalue weighted by Gasteiger charge is -2.34. The van der Waals surface area contributed by atoms with Crippen molar-refractivity contribution in [2.45, 2.75) is 12.8 Å². The van der Waals surface area contributed by atoms with Gasteiger partial charge in [-0.3, -0.25) is 4.79 Å². The minimum atomic E-state index is -1.01. The van der Waals surface area contributed by atoms with Crippen LogP contribution in [0.1, 0.15) is 22.3 Å². The van der Waals surface area contributed by atoms with Gasteiger partial charge in [-0.15, -0.1) is 0 Å². The molecule has 1 aliphatic rings. The molecule has 3 rings (SSSR count). The molecule has 0 aliphatic carbocycles. The third-order valence-electron chi connectivity index (χ3n) is 4.91. The van der Waals surface area contributed by atoms with Gasteiger partial charge in [-0.25, -0.2) is 8.78 Å². The van der Waals surface area contributed by atoms with Gasteiger partial charge in [-0.1, -0.05) is 12.1 Å². The van der Waals surface area contributed by atoms with Crippen molar-refractivity contribution in [3.8, 4) is 0 Å². The number of piperazine rings is 1. The van der Waals surface area contributed by atoms with Gasteiger partial charge < -0.3 is 15.1 Å². The summed E-state index contributed by atoms with van der Waals surface area (Å²) in [7, 11) is 2.14. The summed E-state index contributed by atoms with van der Waals surface area (Å²) in [6.45, 7) is 4.74.